The average molecular weight is 281 g/mol. The van der Waals surface area contributed by atoms with Crippen molar-refractivity contribution in [1.29, 1.82) is 5.26 Å². The molecule has 0 bridgehead atoms. The van der Waals surface area contributed by atoms with Gasteiger partial charge in [0, 0.05) is 24.4 Å². The number of hydrogen-bond acceptors (Lipinski definition) is 4. The van der Waals surface area contributed by atoms with Crippen molar-refractivity contribution in [2.45, 2.75) is 6.92 Å². The quantitative estimate of drug-likeness (QED) is 0.933. The number of nitriles is 1. The number of aromatic nitrogens is 1. The molecule has 1 fully saturated rings. The molecule has 1 saturated heterocycles. The number of hydrogen-bond donors (Lipinski definition) is 1. The number of anilines is 1. The smallest absolute Gasteiger partial charge is 0.306 e. The zero-order chi connectivity index (χ0) is 15.0. The van der Waals surface area contributed by atoms with Gasteiger partial charge in [-0.2, -0.15) is 5.26 Å². The molecular weight excluding hydrogens is 266 g/mol. The molecule has 0 saturated carbocycles. The Kier molecular flexibility index (Phi) is 3.22. The molecule has 0 radical (unpaired) electrons. The van der Waals surface area contributed by atoms with E-state index in [1.165, 1.54) is 0 Å². The predicted molar refractivity (Wildman–Crippen MR) is 79.0 cm³/mol. The minimum atomic E-state index is -0.760. The van der Waals surface area contributed by atoms with Crippen LogP contribution in [0.1, 0.15) is 12.5 Å². The lowest BCUT2D eigenvalue weighted by atomic mass is 9.87. The van der Waals surface area contributed by atoms with E-state index in [4.69, 9.17) is 5.11 Å². The van der Waals surface area contributed by atoms with Gasteiger partial charge in [0.05, 0.1) is 23.1 Å². The van der Waals surface area contributed by atoms with Gasteiger partial charge >= 0.3 is 5.97 Å². The van der Waals surface area contributed by atoms with E-state index in [2.05, 4.69) is 11.1 Å². The highest BCUT2D eigenvalue weighted by Gasteiger charge is 2.35. The number of aliphatic carboxylic acids is 1. The molecular formula is C16H15N3O2. The molecule has 5 heteroatoms. The van der Waals surface area contributed by atoms with Gasteiger partial charge in [0.25, 0.3) is 0 Å². The van der Waals surface area contributed by atoms with Crippen molar-refractivity contribution < 1.29 is 9.90 Å². The summed E-state index contributed by atoms with van der Waals surface area (Å²) in [5.41, 5.74) is 1.40. The van der Waals surface area contributed by atoms with Crippen LogP contribution < -0.4 is 4.90 Å². The Morgan fingerprint density at radius 2 is 2.19 bits per heavy atom. The van der Waals surface area contributed by atoms with Crippen LogP contribution in [0.4, 0.5) is 5.82 Å². The molecule has 2 aromatic rings. The summed E-state index contributed by atoms with van der Waals surface area (Å²) >= 11 is 0. The first-order valence-corrected chi connectivity index (χ1v) is 6.88. The number of carbonyl (C=O) groups is 1. The number of pyridine rings is 1. The van der Waals surface area contributed by atoms with E-state index in [0.29, 0.717) is 18.7 Å². The van der Waals surface area contributed by atoms with Crippen LogP contribution in [0, 0.1) is 23.2 Å². The standard InChI is InChI=1S/C16H15N3O2/c1-10(16(20)21)12-8-19(9-12)15-6-11(7-17)13-4-2-3-5-14(13)18-15/h2-6,10,12H,8-9H2,1H3,(H,20,21). The van der Waals surface area contributed by atoms with Crippen molar-refractivity contribution in [2.75, 3.05) is 18.0 Å². The number of nitrogens with zero attached hydrogens (tertiary/aromatic N) is 3. The molecule has 21 heavy (non-hydrogen) atoms. The maximum absolute atomic E-state index is 11.0. The average Bonchev–Trinajstić information content (AvgIpc) is 2.44. The van der Waals surface area contributed by atoms with E-state index >= 15 is 0 Å². The number of carboxylic acids is 1. The van der Waals surface area contributed by atoms with E-state index in [-0.39, 0.29) is 11.8 Å². The molecule has 1 aromatic heterocycles. The molecule has 106 valence electrons. The number of benzene rings is 1. The summed E-state index contributed by atoms with van der Waals surface area (Å²) in [6.45, 7) is 3.08. The van der Waals surface area contributed by atoms with Crippen molar-refractivity contribution in [1.82, 2.24) is 4.98 Å². The molecule has 3 rings (SSSR count). The summed E-state index contributed by atoms with van der Waals surface area (Å²) in [5, 5.41) is 19.1. The number of rotatable bonds is 3. The zero-order valence-corrected chi connectivity index (χ0v) is 11.7. The van der Waals surface area contributed by atoms with Gasteiger partial charge in [0.1, 0.15) is 5.82 Å². The van der Waals surface area contributed by atoms with Crippen LogP contribution in [0.2, 0.25) is 0 Å². The van der Waals surface area contributed by atoms with E-state index in [1.54, 1.807) is 13.0 Å². The fraction of sp³-hybridized carbons (Fsp3) is 0.312. The van der Waals surface area contributed by atoms with Gasteiger partial charge in [0.2, 0.25) is 0 Å². The predicted octanol–water partition coefficient (Wildman–Crippen LogP) is 2.26. The molecule has 0 spiro atoms. The fourth-order valence-corrected chi connectivity index (χ4v) is 2.63. The molecule has 1 unspecified atom stereocenters. The summed E-state index contributed by atoms with van der Waals surface area (Å²) in [6.07, 6.45) is 0. The Morgan fingerprint density at radius 1 is 1.48 bits per heavy atom. The second kappa shape index (κ2) is 5.06. The Hall–Kier alpha value is -2.61. The van der Waals surface area contributed by atoms with Crippen LogP contribution in [0.25, 0.3) is 10.9 Å². The van der Waals surface area contributed by atoms with Gasteiger partial charge < -0.3 is 10.0 Å². The third-order valence-corrected chi connectivity index (χ3v) is 4.15. The lowest BCUT2D eigenvalue weighted by Gasteiger charge is -2.42. The van der Waals surface area contributed by atoms with Crippen molar-refractivity contribution in [3.63, 3.8) is 0 Å². The largest absolute Gasteiger partial charge is 0.481 e. The first-order chi connectivity index (χ1) is 10.1. The number of fused-ring (bicyclic) bond motifs is 1. The molecule has 0 amide bonds. The van der Waals surface area contributed by atoms with Crippen LogP contribution in [-0.2, 0) is 4.79 Å². The Morgan fingerprint density at radius 3 is 2.86 bits per heavy atom. The lowest BCUT2D eigenvalue weighted by molar-refractivity contribution is -0.143. The van der Waals surface area contributed by atoms with Crippen LogP contribution in [0.3, 0.4) is 0 Å². The molecule has 5 nitrogen and oxygen atoms in total. The van der Waals surface area contributed by atoms with Crippen molar-refractivity contribution in [3.05, 3.63) is 35.9 Å². The normalized spacial score (nSPS) is 16.3. The molecule has 1 atom stereocenters. The van der Waals surface area contributed by atoms with Gasteiger partial charge in [-0.25, -0.2) is 4.98 Å². The van der Waals surface area contributed by atoms with Crippen molar-refractivity contribution in [2.24, 2.45) is 11.8 Å². The monoisotopic (exact) mass is 281 g/mol. The molecule has 1 aliphatic heterocycles. The molecule has 1 N–H and O–H groups in total. The second-order valence-corrected chi connectivity index (χ2v) is 5.45. The lowest BCUT2D eigenvalue weighted by Crippen LogP contribution is -2.51. The number of carboxylic acid groups (broad SMARTS) is 1. The van der Waals surface area contributed by atoms with E-state index < -0.39 is 5.97 Å². The molecule has 1 aliphatic rings. The van der Waals surface area contributed by atoms with Crippen LogP contribution in [-0.4, -0.2) is 29.1 Å². The Labute approximate surface area is 122 Å². The summed E-state index contributed by atoms with van der Waals surface area (Å²) < 4.78 is 0. The maximum Gasteiger partial charge on any atom is 0.306 e. The van der Waals surface area contributed by atoms with Gasteiger partial charge in [0.15, 0.2) is 0 Å². The van der Waals surface area contributed by atoms with Gasteiger partial charge in [-0.1, -0.05) is 25.1 Å². The maximum atomic E-state index is 11.0. The molecule has 2 heterocycles. The Balaban J connectivity index is 1.87. The zero-order valence-electron chi connectivity index (χ0n) is 11.7. The van der Waals surface area contributed by atoms with Gasteiger partial charge in [-0.3, -0.25) is 4.79 Å². The minimum absolute atomic E-state index is 0.140. The second-order valence-electron chi connectivity index (χ2n) is 5.45. The molecule has 1 aromatic carbocycles. The van der Waals surface area contributed by atoms with Crippen LogP contribution >= 0.6 is 0 Å². The summed E-state index contributed by atoms with van der Waals surface area (Å²) in [7, 11) is 0. The van der Waals surface area contributed by atoms with E-state index in [9.17, 15) is 10.1 Å². The third kappa shape index (κ3) is 2.29. The van der Waals surface area contributed by atoms with Crippen LogP contribution in [0.15, 0.2) is 30.3 Å². The summed E-state index contributed by atoms with van der Waals surface area (Å²) in [5.74, 6) is -0.221. The third-order valence-electron chi connectivity index (χ3n) is 4.15. The summed E-state index contributed by atoms with van der Waals surface area (Å²) in [4.78, 5) is 17.6. The van der Waals surface area contributed by atoms with E-state index in [1.807, 2.05) is 29.2 Å². The van der Waals surface area contributed by atoms with Crippen molar-refractivity contribution in [3.8, 4) is 6.07 Å². The van der Waals surface area contributed by atoms with Gasteiger partial charge in [-0.05, 0) is 12.1 Å². The first-order valence-electron chi connectivity index (χ1n) is 6.88. The minimum Gasteiger partial charge on any atom is -0.481 e. The fourth-order valence-electron chi connectivity index (χ4n) is 2.63. The SMILES string of the molecule is CC(C(=O)O)C1CN(c2cc(C#N)c3ccccc3n2)C1. The van der Waals surface area contributed by atoms with Crippen molar-refractivity contribution >= 4 is 22.7 Å². The van der Waals surface area contributed by atoms with Crippen LogP contribution in [0.5, 0.6) is 0 Å². The van der Waals surface area contributed by atoms with E-state index in [0.717, 1.165) is 16.7 Å². The Bertz CT molecular complexity index is 745. The first kappa shape index (κ1) is 13.4. The summed E-state index contributed by atoms with van der Waals surface area (Å²) in [6, 6.07) is 11.5. The highest BCUT2D eigenvalue weighted by Crippen LogP contribution is 2.30. The highest BCUT2D eigenvalue weighted by molar-refractivity contribution is 5.86. The highest BCUT2D eigenvalue weighted by atomic mass is 16.4. The topological polar surface area (TPSA) is 77.2 Å². The number of para-hydroxylation sites is 1. The molecule has 0 aliphatic carbocycles. The van der Waals surface area contributed by atoms with Gasteiger partial charge in [-0.15, -0.1) is 0 Å².